The second-order valence-corrected chi connectivity index (χ2v) is 17.5. The Morgan fingerprint density at radius 1 is 1.06 bits per heavy atom. The third-order valence-electron chi connectivity index (χ3n) is 10.3. The number of benzene rings is 1. The number of nitrogens with one attached hydrogen (secondary N) is 2. The van der Waals surface area contributed by atoms with Gasteiger partial charge in [0, 0.05) is 24.8 Å². The topological polar surface area (TPSA) is 188 Å². The van der Waals surface area contributed by atoms with Crippen molar-refractivity contribution in [2.45, 2.75) is 126 Å². The predicted octanol–water partition coefficient (Wildman–Crippen LogP) is 4.24. The Balaban J connectivity index is 1.38. The van der Waals surface area contributed by atoms with Gasteiger partial charge in [0.15, 0.2) is 5.69 Å². The van der Waals surface area contributed by atoms with Crippen molar-refractivity contribution in [2.24, 2.45) is 5.92 Å². The minimum atomic E-state index is -3.97. The summed E-state index contributed by atoms with van der Waals surface area (Å²) in [6, 6.07) is 3.84. The van der Waals surface area contributed by atoms with Gasteiger partial charge in [0.25, 0.3) is 11.8 Å². The van der Waals surface area contributed by atoms with Gasteiger partial charge in [0.2, 0.25) is 27.7 Å². The van der Waals surface area contributed by atoms with E-state index in [0.29, 0.717) is 45.4 Å². The number of fused-ring (bicyclic) bond motifs is 3. The lowest BCUT2D eigenvalue weighted by molar-refractivity contribution is -0.144. The van der Waals surface area contributed by atoms with Crippen LogP contribution in [0.25, 0.3) is 11.0 Å². The zero-order valence-electron chi connectivity index (χ0n) is 30.2. The van der Waals surface area contributed by atoms with E-state index in [4.69, 9.17) is 4.74 Å². The molecule has 3 fully saturated rings. The Hall–Kier alpha value is -4.41. The van der Waals surface area contributed by atoms with Gasteiger partial charge in [-0.1, -0.05) is 37.1 Å². The van der Waals surface area contributed by atoms with Gasteiger partial charge in [-0.05, 0) is 71.4 Å². The highest BCUT2D eigenvalue weighted by Gasteiger charge is 2.62. The van der Waals surface area contributed by atoms with Gasteiger partial charge in [0.05, 0.1) is 22.8 Å². The summed E-state index contributed by atoms with van der Waals surface area (Å²) in [7, 11) is -3.97. The molecule has 1 aromatic heterocycles. The molecule has 4 aliphatic rings. The monoisotopic (exact) mass is 760 g/mol. The minimum Gasteiger partial charge on any atom is -0.471 e. The maximum Gasteiger partial charge on any atom is 0.408 e. The van der Waals surface area contributed by atoms with Gasteiger partial charge in [-0.2, -0.15) is 8.78 Å². The third-order valence-corrected chi connectivity index (χ3v) is 12.1. The van der Waals surface area contributed by atoms with Crippen molar-refractivity contribution in [3.63, 3.8) is 0 Å². The van der Waals surface area contributed by atoms with Crippen molar-refractivity contribution in [1.82, 2.24) is 29.8 Å². The molecule has 1 aromatic carbocycles. The maximum atomic E-state index is 14.9. The molecule has 2 aliphatic heterocycles. The fourth-order valence-corrected chi connectivity index (χ4v) is 8.69. The molecule has 288 valence electrons. The number of aromatic nitrogens is 2. The van der Waals surface area contributed by atoms with Gasteiger partial charge in [0.1, 0.15) is 23.7 Å². The van der Waals surface area contributed by atoms with E-state index in [2.05, 4.69) is 20.0 Å². The minimum absolute atomic E-state index is 0.114. The van der Waals surface area contributed by atoms with Crippen molar-refractivity contribution in [3.05, 3.63) is 42.1 Å². The lowest BCUT2D eigenvalue weighted by Gasteiger charge is -2.41. The molecule has 6 rings (SSSR count). The van der Waals surface area contributed by atoms with Crippen molar-refractivity contribution in [3.8, 4) is 5.88 Å². The molecular weight excluding hydrogens is 714 g/mol. The molecule has 17 heteroatoms. The van der Waals surface area contributed by atoms with Crippen LogP contribution in [0.4, 0.5) is 13.6 Å². The maximum absolute atomic E-state index is 14.9. The smallest absolute Gasteiger partial charge is 0.408 e. The Morgan fingerprint density at radius 2 is 1.74 bits per heavy atom. The van der Waals surface area contributed by atoms with E-state index in [-0.39, 0.29) is 36.8 Å². The first-order chi connectivity index (χ1) is 24.8. The number of para-hydroxylation sites is 2. The van der Waals surface area contributed by atoms with Crippen molar-refractivity contribution < 1.29 is 46.2 Å². The second kappa shape index (κ2) is 14.1. The van der Waals surface area contributed by atoms with Gasteiger partial charge in [-0.25, -0.2) is 23.2 Å². The van der Waals surface area contributed by atoms with Crippen LogP contribution in [0.15, 0.2) is 36.4 Å². The molecule has 1 saturated heterocycles. The molecule has 5 atom stereocenters. The first-order valence-electron chi connectivity index (χ1n) is 18.0. The molecule has 53 heavy (non-hydrogen) atoms. The van der Waals surface area contributed by atoms with Crippen LogP contribution in [0.3, 0.4) is 0 Å². The van der Waals surface area contributed by atoms with Crippen LogP contribution in [0.1, 0.15) is 91.2 Å². The molecular formula is C36H46F2N6O8S. The van der Waals surface area contributed by atoms with E-state index in [1.807, 2.05) is 6.08 Å². The molecule has 0 radical (unpaired) electrons. The van der Waals surface area contributed by atoms with Gasteiger partial charge < -0.3 is 20.1 Å². The number of carbonyl (C=O) groups is 4. The van der Waals surface area contributed by atoms with Crippen molar-refractivity contribution in [2.75, 3.05) is 6.54 Å². The third kappa shape index (κ3) is 8.09. The Morgan fingerprint density at radius 3 is 2.36 bits per heavy atom. The summed E-state index contributed by atoms with van der Waals surface area (Å²) in [5, 5.41) is 12.4. The standard InChI is InChI=1S/C36H46F2N6O8S/c1-34(2,3)44(33(48)49)26-15-9-7-5-6-8-12-21-19-36(21,32(47)42-53(50,51)23-16-17-23)41-29(45)27-18-22(20-43(27)31(26)46)52-30-28(35(4,37)38)39-24-13-10-11-14-25(24)40-30/h8,10-14,21-23,26-27H,5-7,9,15-20H2,1-4H3,(H,41,45)(H,42,47)(H,48,49)/t21-,22-,26+,27+,36-/m1/s1. The normalized spacial score (nSPS) is 27.2. The molecule has 14 nitrogen and oxygen atoms in total. The van der Waals surface area contributed by atoms with Crippen LogP contribution < -0.4 is 14.8 Å². The zero-order chi connectivity index (χ0) is 38.5. The fraction of sp³-hybridized carbons (Fsp3) is 0.611. The number of ether oxygens (including phenoxy) is 1. The van der Waals surface area contributed by atoms with Crippen LogP contribution >= 0.6 is 0 Å². The van der Waals surface area contributed by atoms with E-state index in [1.54, 1.807) is 45.0 Å². The molecule has 0 unspecified atom stereocenters. The number of allylic oxidation sites excluding steroid dienone is 1. The summed E-state index contributed by atoms with van der Waals surface area (Å²) in [6.45, 7) is 5.33. The van der Waals surface area contributed by atoms with Gasteiger partial charge >= 0.3 is 6.09 Å². The number of carbonyl (C=O) groups excluding carboxylic acids is 3. The molecule has 0 spiro atoms. The lowest BCUT2D eigenvalue weighted by atomic mass is 9.98. The van der Waals surface area contributed by atoms with Crippen LogP contribution in [0.2, 0.25) is 0 Å². The molecule has 3 N–H and O–H groups in total. The molecule has 0 bridgehead atoms. The van der Waals surface area contributed by atoms with E-state index < -0.39 is 91.8 Å². The average molecular weight is 761 g/mol. The molecule has 4 amide bonds. The summed E-state index contributed by atoms with van der Waals surface area (Å²) >= 11 is 0. The Labute approximate surface area is 306 Å². The average Bonchev–Trinajstić information content (AvgIpc) is 3.98. The van der Waals surface area contributed by atoms with E-state index >= 15 is 0 Å². The summed E-state index contributed by atoms with van der Waals surface area (Å²) in [4.78, 5) is 66.1. The van der Waals surface area contributed by atoms with Crippen LogP contribution in [-0.2, 0) is 30.3 Å². The van der Waals surface area contributed by atoms with Gasteiger partial charge in [-0.3, -0.25) is 24.0 Å². The number of sulfonamides is 1. The second-order valence-electron chi connectivity index (χ2n) is 15.6. The first-order valence-corrected chi connectivity index (χ1v) is 19.6. The highest BCUT2D eigenvalue weighted by molar-refractivity contribution is 7.91. The first kappa shape index (κ1) is 38.3. The summed E-state index contributed by atoms with van der Waals surface area (Å²) < 4.78 is 63.6. The molecule has 2 saturated carbocycles. The molecule has 2 aromatic rings. The molecule has 2 aliphatic carbocycles. The van der Waals surface area contributed by atoms with E-state index in [9.17, 15) is 41.5 Å². The van der Waals surface area contributed by atoms with Gasteiger partial charge in [-0.15, -0.1) is 0 Å². The SMILES string of the molecule is CC(F)(F)c1nc2ccccc2nc1O[C@@H]1C[C@H]2C(=O)N[C@]3(C(=O)NS(=O)(=O)C4CC4)C[C@H]3C=CCCCCC[C@H](N(C(=O)O)C(C)(C)C)C(=O)N2C1. The predicted molar refractivity (Wildman–Crippen MR) is 188 cm³/mol. The van der Waals surface area contributed by atoms with Crippen LogP contribution in [0, 0.1) is 5.92 Å². The van der Waals surface area contributed by atoms with Crippen LogP contribution in [-0.4, -0.2) is 98.2 Å². The fourth-order valence-electron chi connectivity index (χ4n) is 7.33. The van der Waals surface area contributed by atoms with Crippen molar-refractivity contribution in [1.29, 1.82) is 0 Å². The van der Waals surface area contributed by atoms with Crippen molar-refractivity contribution >= 4 is 44.9 Å². The number of carboxylic acid groups (broad SMARTS) is 1. The number of nitrogens with zero attached hydrogens (tertiary/aromatic N) is 4. The quantitative estimate of drug-likeness (QED) is 0.345. The van der Waals surface area contributed by atoms with E-state index in [0.717, 1.165) is 4.90 Å². The summed E-state index contributed by atoms with van der Waals surface area (Å²) in [5.41, 5.74) is -2.89. The lowest BCUT2D eigenvalue weighted by Crippen LogP contribution is -2.60. The zero-order valence-corrected chi connectivity index (χ0v) is 31.0. The van der Waals surface area contributed by atoms with Crippen LogP contribution in [0.5, 0.6) is 5.88 Å². The molecule has 3 heterocycles. The highest BCUT2D eigenvalue weighted by Crippen LogP contribution is 2.46. The summed E-state index contributed by atoms with van der Waals surface area (Å²) in [6.07, 6.45) is 4.59. The number of rotatable bonds is 7. The number of hydrogen-bond donors (Lipinski definition) is 3. The number of alkyl halides is 2. The summed E-state index contributed by atoms with van der Waals surface area (Å²) in [5.74, 6) is -6.85. The van der Waals surface area contributed by atoms with E-state index in [1.165, 1.54) is 11.0 Å². The largest absolute Gasteiger partial charge is 0.471 e. The number of halogens is 2. The Kier molecular flexibility index (Phi) is 10.2. The number of hydrogen-bond acceptors (Lipinski definition) is 9. The number of amides is 4. The Bertz CT molecular complexity index is 1930. The highest BCUT2D eigenvalue weighted by atomic mass is 32.2.